The maximum Gasteiger partial charge on any atom is 0.0409 e. The first-order valence-electron chi connectivity index (χ1n) is 6.49. The molecule has 17 heavy (non-hydrogen) atoms. The second kappa shape index (κ2) is 5.61. The first-order valence-corrected chi connectivity index (χ1v) is 6.49. The SMILES string of the molecule is CC(C)(Cc1ccccn1)CN1CCNCC1. The van der Waals surface area contributed by atoms with E-state index in [1.54, 1.807) is 0 Å². The van der Waals surface area contributed by atoms with E-state index in [2.05, 4.69) is 41.2 Å². The quantitative estimate of drug-likeness (QED) is 0.855. The molecule has 1 aliphatic rings. The lowest BCUT2D eigenvalue weighted by atomic mass is 9.86. The van der Waals surface area contributed by atoms with Crippen molar-refractivity contribution in [3.8, 4) is 0 Å². The highest BCUT2D eigenvalue weighted by Crippen LogP contribution is 2.22. The van der Waals surface area contributed by atoms with E-state index in [0.29, 0.717) is 5.41 Å². The van der Waals surface area contributed by atoms with Crippen molar-refractivity contribution < 1.29 is 0 Å². The van der Waals surface area contributed by atoms with Gasteiger partial charge in [-0.25, -0.2) is 0 Å². The average molecular weight is 233 g/mol. The first kappa shape index (κ1) is 12.5. The van der Waals surface area contributed by atoms with Crippen molar-refractivity contribution in [2.45, 2.75) is 20.3 Å². The van der Waals surface area contributed by atoms with Gasteiger partial charge in [-0.1, -0.05) is 19.9 Å². The molecule has 0 radical (unpaired) electrons. The van der Waals surface area contributed by atoms with Crippen LogP contribution < -0.4 is 5.32 Å². The summed E-state index contributed by atoms with van der Waals surface area (Å²) in [5.41, 5.74) is 1.50. The summed E-state index contributed by atoms with van der Waals surface area (Å²) in [6.07, 6.45) is 2.94. The molecule has 0 saturated carbocycles. The van der Waals surface area contributed by atoms with E-state index in [1.165, 1.54) is 18.8 Å². The van der Waals surface area contributed by atoms with Gasteiger partial charge in [-0.3, -0.25) is 4.98 Å². The molecule has 0 aromatic carbocycles. The molecule has 2 heterocycles. The van der Waals surface area contributed by atoms with Crippen molar-refractivity contribution in [3.63, 3.8) is 0 Å². The summed E-state index contributed by atoms with van der Waals surface area (Å²) in [6, 6.07) is 6.18. The van der Waals surface area contributed by atoms with Crippen molar-refractivity contribution in [1.29, 1.82) is 0 Å². The van der Waals surface area contributed by atoms with Gasteiger partial charge in [0, 0.05) is 44.6 Å². The molecule has 1 aliphatic heterocycles. The van der Waals surface area contributed by atoms with Crippen LogP contribution in [0.4, 0.5) is 0 Å². The largest absolute Gasteiger partial charge is 0.314 e. The molecule has 0 atom stereocenters. The van der Waals surface area contributed by atoms with E-state index in [-0.39, 0.29) is 0 Å². The third-order valence-electron chi connectivity index (χ3n) is 3.25. The fourth-order valence-electron chi connectivity index (χ4n) is 2.52. The number of aromatic nitrogens is 1. The lowest BCUT2D eigenvalue weighted by Crippen LogP contribution is -2.47. The zero-order valence-corrected chi connectivity index (χ0v) is 10.9. The molecule has 1 N–H and O–H groups in total. The summed E-state index contributed by atoms with van der Waals surface area (Å²) in [5, 5.41) is 3.40. The van der Waals surface area contributed by atoms with Crippen LogP contribution in [0.25, 0.3) is 0 Å². The Labute approximate surface area is 104 Å². The van der Waals surface area contributed by atoms with Crippen LogP contribution in [0, 0.1) is 5.41 Å². The molecule has 3 nitrogen and oxygen atoms in total. The first-order chi connectivity index (χ1) is 8.16. The van der Waals surface area contributed by atoms with Crippen LogP contribution in [0.3, 0.4) is 0 Å². The van der Waals surface area contributed by atoms with Gasteiger partial charge in [0.1, 0.15) is 0 Å². The van der Waals surface area contributed by atoms with Gasteiger partial charge in [0.05, 0.1) is 0 Å². The highest BCUT2D eigenvalue weighted by atomic mass is 15.2. The molecule has 1 aromatic rings. The fraction of sp³-hybridized carbons (Fsp3) is 0.643. The average Bonchev–Trinajstić information content (AvgIpc) is 2.30. The van der Waals surface area contributed by atoms with Crippen molar-refractivity contribution >= 4 is 0 Å². The molecule has 3 heteroatoms. The predicted octanol–water partition coefficient (Wildman–Crippen LogP) is 1.56. The second-order valence-corrected chi connectivity index (χ2v) is 5.69. The molecule has 0 aliphatic carbocycles. The summed E-state index contributed by atoms with van der Waals surface area (Å²) in [7, 11) is 0. The van der Waals surface area contributed by atoms with E-state index in [9.17, 15) is 0 Å². The highest BCUT2D eigenvalue weighted by Gasteiger charge is 2.23. The third kappa shape index (κ3) is 4.10. The van der Waals surface area contributed by atoms with Crippen molar-refractivity contribution in [2.24, 2.45) is 5.41 Å². The summed E-state index contributed by atoms with van der Waals surface area (Å²) in [5.74, 6) is 0. The third-order valence-corrected chi connectivity index (χ3v) is 3.25. The number of hydrogen-bond donors (Lipinski definition) is 1. The number of hydrogen-bond acceptors (Lipinski definition) is 3. The molecule has 2 rings (SSSR count). The van der Waals surface area contributed by atoms with E-state index < -0.39 is 0 Å². The van der Waals surface area contributed by atoms with E-state index in [4.69, 9.17) is 0 Å². The molecule has 0 bridgehead atoms. The number of pyridine rings is 1. The normalized spacial score (nSPS) is 18.2. The summed E-state index contributed by atoms with van der Waals surface area (Å²) < 4.78 is 0. The Morgan fingerprint density at radius 3 is 2.71 bits per heavy atom. The van der Waals surface area contributed by atoms with E-state index in [1.807, 2.05) is 12.3 Å². The maximum atomic E-state index is 4.43. The maximum absolute atomic E-state index is 4.43. The Morgan fingerprint density at radius 1 is 1.29 bits per heavy atom. The Hall–Kier alpha value is -0.930. The van der Waals surface area contributed by atoms with Gasteiger partial charge in [-0.2, -0.15) is 0 Å². The van der Waals surface area contributed by atoms with Crippen LogP contribution in [0.15, 0.2) is 24.4 Å². The highest BCUT2D eigenvalue weighted by molar-refractivity contribution is 5.06. The lowest BCUT2D eigenvalue weighted by molar-refractivity contribution is 0.159. The second-order valence-electron chi connectivity index (χ2n) is 5.69. The number of nitrogens with zero attached hydrogens (tertiary/aromatic N) is 2. The molecular formula is C14H23N3. The lowest BCUT2D eigenvalue weighted by Gasteiger charge is -2.35. The van der Waals surface area contributed by atoms with Crippen LogP contribution in [-0.4, -0.2) is 42.6 Å². The monoisotopic (exact) mass is 233 g/mol. The van der Waals surface area contributed by atoms with E-state index >= 15 is 0 Å². The van der Waals surface area contributed by atoms with Crippen LogP contribution in [0.5, 0.6) is 0 Å². The summed E-state index contributed by atoms with van der Waals surface area (Å²) in [4.78, 5) is 6.98. The number of rotatable bonds is 4. The van der Waals surface area contributed by atoms with Crippen molar-refractivity contribution in [1.82, 2.24) is 15.2 Å². The number of nitrogens with one attached hydrogen (secondary N) is 1. The minimum absolute atomic E-state index is 0.297. The molecule has 0 spiro atoms. The van der Waals surface area contributed by atoms with Crippen LogP contribution in [0.2, 0.25) is 0 Å². The molecule has 1 saturated heterocycles. The standard InChI is InChI=1S/C14H23N3/c1-14(2,11-13-5-3-4-6-16-13)12-17-9-7-15-8-10-17/h3-6,15H,7-12H2,1-2H3. The Balaban J connectivity index is 1.89. The Bertz CT molecular complexity index is 329. The van der Waals surface area contributed by atoms with Gasteiger partial charge >= 0.3 is 0 Å². The molecule has 1 fully saturated rings. The smallest absolute Gasteiger partial charge is 0.0409 e. The summed E-state index contributed by atoms with van der Waals surface area (Å²) >= 11 is 0. The van der Waals surface area contributed by atoms with Crippen LogP contribution in [0.1, 0.15) is 19.5 Å². The Morgan fingerprint density at radius 2 is 2.06 bits per heavy atom. The molecular weight excluding hydrogens is 210 g/mol. The topological polar surface area (TPSA) is 28.2 Å². The fourth-order valence-corrected chi connectivity index (χ4v) is 2.52. The minimum atomic E-state index is 0.297. The summed E-state index contributed by atoms with van der Waals surface area (Å²) in [6.45, 7) is 10.4. The zero-order chi connectivity index (χ0) is 12.1. The molecule has 1 aromatic heterocycles. The molecule has 94 valence electrons. The molecule has 0 unspecified atom stereocenters. The van der Waals surface area contributed by atoms with Gasteiger partial charge in [0.25, 0.3) is 0 Å². The number of piperazine rings is 1. The van der Waals surface area contributed by atoms with Crippen LogP contribution in [-0.2, 0) is 6.42 Å². The van der Waals surface area contributed by atoms with Crippen molar-refractivity contribution in [2.75, 3.05) is 32.7 Å². The van der Waals surface area contributed by atoms with Gasteiger partial charge in [-0.15, -0.1) is 0 Å². The van der Waals surface area contributed by atoms with Gasteiger partial charge in [0.15, 0.2) is 0 Å². The Kier molecular flexibility index (Phi) is 4.13. The van der Waals surface area contributed by atoms with E-state index in [0.717, 1.165) is 26.1 Å². The predicted molar refractivity (Wildman–Crippen MR) is 71.0 cm³/mol. The van der Waals surface area contributed by atoms with Crippen LogP contribution >= 0.6 is 0 Å². The van der Waals surface area contributed by atoms with Gasteiger partial charge in [-0.05, 0) is 24.0 Å². The van der Waals surface area contributed by atoms with Gasteiger partial charge in [0.2, 0.25) is 0 Å². The zero-order valence-electron chi connectivity index (χ0n) is 10.9. The van der Waals surface area contributed by atoms with Gasteiger partial charge < -0.3 is 10.2 Å². The molecule has 0 amide bonds. The minimum Gasteiger partial charge on any atom is -0.314 e. The van der Waals surface area contributed by atoms with Crippen molar-refractivity contribution in [3.05, 3.63) is 30.1 Å².